The number of rotatable bonds is 4. The van der Waals surface area contributed by atoms with Crippen LogP contribution in [0.2, 0.25) is 0 Å². The lowest BCUT2D eigenvalue weighted by Gasteiger charge is -2.30. The average molecular weight is 330 g/mol. The second-order valence-corrected chi connectivity index (χ2v) is 6.95. The molecule has 1 saturated heterocycles. The van der Waals surface area contributed by atoms with Gasteiger partial charge in [-0.2, -0.15) is 4.98 Å². The Bertz CT molecular complexity index is 670. The molecule has 24 heavy (non-hydrogen) atoms. The molecule has 2 aromatic rings. The van der Waals surface area contributed by atoms with Gasteiger partial charge in [-0.05, 0) is 38.8 Å². The van der Waals surface area contributed by atoms with E-state index in [-0.39, 0.29) is 0 Å². The van der Waals surface area contributed by atoms with E-state index < -0.39 is 0 Å². The van der Waals surface area contributed by atoms with Crippen molar-refractivity contribution in [1.29, 1.82) is 0 Å². The molecule has 0 radical (unpaired) electrons. The first-order chi connectivity index (χ1) is 11.8. The van der Waals surface area contributed by atoms with Gasteiger partial charge in [-0.25, -0.2) is 0 Å². The van der Waals surface area contributed by atoms with E-state index in [9.17, 15) is 0 Å². The predicted molar refractivity (Wildman–Crippen MR) is 88.5 cm³/mol. The Morgan fingerprint density at radius 3 is 2.75 bits per heavy atom. The number of aromatic nitrogens is 5. The monoisotopic (exact) mass is 330 g/mol. The van der Waals surface area contributed by atoms with Gasteiger partial charge < -0.3 is 9.09 Å². The highest BCUT2D eigenvalue weighted by Gasteiger charge is 2.27. The Morgan fingerprint density at radius 1 is 1.08 bits per heavy atom. The van der Waals surface area contributed by atoms with E-state index in [1.807, 2.05) is 6.92 Å². The van der Waals surface area contributed by atoms with Crippen LogP contribution in [0.1, 0.15) is 68.3 Å². The van der Waals surface area contributed by atoms with E-state index in [4.69, 9.17) is 4.52 Å². The zero-order valence-corrected chi connectivity index (χ0v) is 14.4. The van der Waals surface area contributed by atoms with E-state index in [0.29, 0.717) is 5.92 Å². The second-order valence-electron chi connectivity index (χ2n) is 6.95. The molecule has 2 aromatic heterocycles. The molecule has 0 N–H and O–H groups in total. The molecule has 7 nitrogen and oxygen atoms in total. The lowest BCUT2D eigenvalue weighted by molar-refractivity contribution is 0.193. The van der Waals surface area contributed by atoms with Gasteiger partial charge in [0, 0.05) is 25.3 Å². The molecule has 7 heteroatoms. The molecule has 4 rings (SSSR count). The molecule has 0 saturated carbocycles. The lowest BCUT2D eigenvalue weighted by Crippen LogP contribution is -2.33. The molecule has 2 aliphatic heterocycles. The Balaban J connectivity index is 1.37. The van der Waals surface area contributed by atoms with Gasteiger partial charge in [0.05, 0.1) is 6.54 Å². The summed E-state index contributed by atoms with van der Waals surface area (Å²) >= 11 is 0. The maximum Gasteiger partial charge on any atom is 0.226 e. The second kappa shape index (κ2) is 7.01. The van der Waals surface area contributed by atoms with Crippen LogP contribution in [0.25, 0.3) is 0 Å². The maximum absolute atomic E-state index is 5.20. The average Bonchev–Trinajstić information content (AvgIpc) is 3.16. The molecular formula is C17H26N6O. The first-order valence-corrected chi connectivity index (χ1v) is 9.29. The third-order valence-corrected chi connectivity index (χ3v) is 5.27. The SMILES string of the molecule is CCc1nc(CN2CCC(c3nnc4n3CCCCC4)CC2)no1. The molecule has 0 unspecified atom stereocenters. The Kier molecular flexibility index (Phi) is 4.60. The first kappa shape index (κ1) is 15.7. The van der Waals surface area contributed by atoms with E-state index in [1.54, 1.807) is 0 Å². The summed E-state index contributed by atoms with van der Waals surface area (Å²) in [6, 6.07) is 0. The fourth-order valence-corrected chi connectivity index (χ4v) is 3.86. The fourth-order valence-electron chi connectivity index (χ4n) is 3.86. The molecule has 0 atom stereocenters. The molecule has 1 fully saturated rings. The number of hydrogen-bond acceptors (Lipinski definition) is 6. The highest BCUT2D eigenvalue weighted by molar-refractivity contribution is 5.05. The van der Waals surface area contributed by atoms with E-state index >= 15 is 0 Å². The quantitative estimate of drug-likeness (QED) is 0.857. The number of fused-ring (bicyclic) bond motifs is 1. The number of nitrogens with zero attached hydrogens (tertiary/aromatic N) is 6. The minimum atomic E-state index is 0.539. The largest absolute Gasteiger partial charge is 0.339 e. The van der Waals surface area contributed by atoms with Crippen LogP contribution in [0.15, 0.2) is 4.52 Å². The van der Waals surface area contributed by atoms with Gasteiger partial charge in [0.1, 0.15) is 11.6 Å². The summed E-state index contributed by atoms with van der Waals surface area (Å²) in [5, 5.41) is 13.1. The van der Waals surface area contributed by atoms with Crippen molar-refractivity contribution in [3.8, 4) is 0 Å². The highest BCUT2D eigenvalue weighted by Crippen LogP contribution is 2.29. The van der Waals surface area contributed by atoms with Crippen LogP contribution in [-0.4, -0.2) is 42.9 Å². The molecule has 0 aliphatic carbocycles. The summed E-state index contributed by atoms with van der Waals surface area (Å²) < 4.78 is 7.60. The predicted octanol–water partition coefficient (Wildman–Crippen LogP) is 2.33. The lowest BCUT2D eigenvalue weighted by atomic mass is 9.96. The number of likely N-dealkylation sites (tertiary alicyclic amines) is 1. The van der Waals surface area contributed by atoms with Gasteiger partial charge in [-0.3, -0.25) is 4.90 Å². The van der Waals surface area contributed by atoms with E-state index in [0.717, 1.165) is 63.6 Å². The smallest absolute Gasteiger partial charge is 0.226 e. The van der Waals surface area contributed by atoms with Crippen molar-refractivity contribution in [2.75, 3.05) is 13.1 Å². The number of hydrogen-bond donors (Lipinski definition) is 0. The third kappa shape index (κ3) is 3.22. The molecule has 2 aliphatic rings. The Morgan fingerprint density at radius 2 is 1.96 bits per heavy atom. The summed E-state index contributed by atoms with van der Waals surface area (Å²) in [5.74, 6) is 4.49. The molecule has 0 bridgehead atoms. The maximum atomic E-state index is 5.20. The van der Waals surface area contributed by atoms with Gasteiger partial charge in [-0.15, -0.1) is 10.2 Å². The van der Waals surface area contributed by atoms with Crippen LogP contribution >= 0.6 is 0 Å². The van der Waals surface area contributed by atoms with Gasteiger partial charge in [0.2, 0.25) is 5.89 Å². The molecule has 0 spiro atoms. The van der Waals surface area contributed by atoms with Crippen molar-refractivity contribution in [3.63, 3.8) is 0 Å². The Labute approximate surface area is 142 Å². The van der Waals surface area contributed by atoms with Crippen molar-refractivity contribution >= 4 is 0 Å². The standard InChI is InChI=1S/C17H26N6O/c1-2-16-18-14(21-24-16)12-22-10-7-13(8-11-22)17-20-19-15-6-4-3-5-9-23(15)17/h13H,2-12H2,1H3. The minimum absolute atomic E-state index is 0.539. The van der Waals surface area contributed by atoms with Crippen molar-refractivity contribution < 1.29 is 4.52 Å². The summed E-state index contributed by atoms with van der Waals surface area (Å²) in [5.41, 5.74) is 0. The first-order valence-electron chi connectivity index (χ1n) is 9.29. The summed E-state index contributed by atoms with van der Waals surface area (Å²) in [4.78, 5) is 6.83. The van der Waals surface area contributed by atoms with Crippen LogP contribution in [0, 0.1) is 0 Å². The molecule has 4 heterocycles. The number of aryl methyl sites for hydroxylation is 2. The molecule has 130 valence electrons. The molecular weight excluding hydrogens is 304 g/mol. The Hall–Kier alpha value is -1.76. The van der Waals surface area contributed by atoms with Crippen molar-refractivity contribution in [3.05, 3.63) is 23.4 Å². The third-order valence-electron chi connectivity index (χ3n) is 5.27. The van der Waals surface area contributed by atoms with Gasteiger partial charge in [0.25, 0.3) is 0 Å². The van der Waals surface area contributed by atoms with Crippen LogP contribution < -0.4 is 0 Å². The van der Waals surface area contributed by atoms with Crippen LogP contribution in [-0.2, 0) is 25.9 Å². The van der Waals surface area contributed by atoms with E-state index in [2.05, 4.69) is 29.8 Å². The van der Waals surface area contributed by atoms with Crippen LogP contribution in [0.3, 0.4) is 0 Å². The van der Waals surface area contributed by atoms with Crippen molar-refractivity contribution in [2.45, 2.75) is 70.9 Å². The summed E-state index contributed by atoms with van der Waals surface area (Å²) in [7, 11) is 0. The number of piperidine rings is 1. The van der Waals surface area contributed by atoms with Crippen LogP contribution in [0.4, 0.5) is 0 Å². The van der Waals surface area contributed by atoms with Gasteiger partial charge >= 0.3 is 0 Å². The van der Waals surface area contributed by atoms with Crippen molar-refractivity contribution in [2.24, 2.45) is 0 Å². The van der Waals surface area contributed by atoms with Gasteiger partial charge in [0.15, 0.2) is 5.82 Å². The molecule has 0 amide bonds. The minimum Gasteiger partial charge on any atom is -0.339 e. The zero-order chi connectivity index (χ0) is 16.4. The highest BCUT2D eigenvalue weighted by atomic mass is 16.5. The molecule has 0 aromatic carbocycles. The fraction of sp³-hybridized carbons (Fsp3) is 0.765. The van der Waals surface area contributed by atoms with Crippen molar-refractivity contribution in [1.82, 2.24) is 29.8 Å². The topological polar surface area (TPSA) is 72.9 Å². The summed E-state index contributed by atoms with van der Waals surface area (Å²) in [6.45, 7) is 6.03. The van der Waals surface area contributed by atoms with Crippen LogP contribution in [0.5, 0.6) is 0 Å². The van der Waals surface area contributed by atoms with Gasteiger partial charge in [-0.1, -0.05) is 18.5 Å². The summed E-state index contributed by atoms with van der Waals surface area (Å²) in [6.07, 6.45) is 7.98. The normalized spacial score (nSPS) is 20.0. The van der Waals surface area contributed by atoms with E-state index in [1.165, 1.54) is 30.9 Å². The zero-order valence-electron chi connectivity index (χ0n) is 14.4.